The molecule has 0 unspecified atom stereocenters. The van der Waals surface area contributed by atoms with Crippen LogP contribution < -0.4 is 15.1 Å². The van der Waals surface area contributed by atoms with Gasteiger partial charge in [-0.3, -0.25) is 14.9 Å². The number of nitrogens with one attached hydrogen (secondary N) is 1. The molecule has 0 bridgehead atoms. The number of hydrogen-bond acceptors (Lipinski definition) is 5. The van der Waals surface area contributed by atoms with Gasteiger partial charge in [-0.15, -0.1) is 0 Å². The zero-order chi connectivity index (χ0) is 18.8. The van der Waals surface area contributed by atoms with Crippen LogP contribution in [0.1, 0.15) is 44.1 Å². The van der Waals surface area contributed by atoms with Crippen molar-refractivity contribution < 1.29 is 14.7 Å². The maximum atomic E-state index is 12.4. The molecule has 2 amide bonds. The standard InChI is InChI=1S/C21H29N3O3/c25-14-10-15-8-12-23(13-9-15)17-4-1-5-18-16(17)3-2-11-24(18)19-6-7-20(26)22-21(19)27/h1,4-5,15,19,25H,2-3,6-14H2,(H,22,26,27)/t19-/m0/s1. The Bertz CT molecular complexity index is 713. The summed E-state index contributed by atoms with van der Waals surface area (Å²) >= 11 is 0. The number of hydrogen-bond donors (Lipinski definition) is 2. The molecule has 1 aromatic rings. The quantitative estimate of drug-likeness (QED) is 0.790. The highest BCUT2D eigenvalue weighted by Gasteiger charge is 2.35. The van der Waals surface area contributed by atoms with E-state index in [1.54, 1.807) is 0 Å². The molecule has 0 saturated carbocycles. The first-order chi connectivity index (χ1) is 13.2. The Morgan fingerprint density at radius 1 is 1.04 bits per heavy atom. The van der Waals surface area contributed by atoms with E-state index in [0.717, 1.165) is 57.4 Å². The Labute approximate surface area is 160 Å². The van der Waals surface area contributed by atoms with Crippen LogP contribution in [0.25, 0.3) is 0 Å². The average molecular weight is 371 g/mol. The molecule has 1 aromatic carbocycles. The molecule has 6 heteroatoms. The number of carbonyl (C=O) groups is 2. The summed E-state index contributed by atoms with van der Waals surface area (Å²) in [6.45, 7) is 3.20. The highest BCUT2D eigenvalue weighted by atomic mass is 16.3. The number of piperidine rings is 2. The molecule has 0 radical (unpaired) electrons. The number of fused-ring (bicyclic) bond motifs is 1. The summed E-state index contributed by atoms with van der Waals surface area (Å²) in [6.07, 6.45) is 6.24. The van der Waals surface area contributed by atoms with Gasteiger partial charge in [0.2, 0.25) is 11.8 Å². The molecule has 3 heterocycles. The zero-order valence-electron chi connectivity index (χ0n) is 15.8. The van der Waals surface area contributed by atoms with Crippen molar-refractivity contribution in [3.8, 4) is 0 Å². The molecule has 146 valence electrons. The second-order valence-corrected chi connectivity index (χ2v) is 7.98. The Balaban J connectivity index is 1.56. The molecule has 2 fully saturated rings. The van der Waals surface area contributed by atoms with Crippen LogP contribution in [0.4, 0.5) is 11.4 Å². The Hall–Kier alpha value is -2.08. The highest BCUT2D eigenvalue weighted by molar-refractivity contribution is 6.01. The summed E-state index contributed by atoms with van der Waals surface area (Å²) in [5, 5.41) is 11.7. The van der Waals surface area contributed by atoms with Crippen LogP contribution >= 0.6 is 0 Å². The predicted octanol–water partition coefficient (Wildman–Crippen LogP) is 1.84. The zero-order valence-corrected chi connectivity index (χ0v) is 15.8. The van der Waals surface area contributed by atoms with Crippen LogP contribution in [0, 0.1) is 5.92 Å². The van der Waals surface area contributed by atoms with Gasteiger partial charge in [-0.1, -0.05) is 6.07 Å². The maximum Gasteiger partial charge on any atom is 0.249 e. The van der Waals surface area contributed by atoms with Gasteiger partial charge in [-0.05, 0) is 62.1 Å². The number of nitrogens with zero attached hydrogens (tertiary/aromatic N) is 2. The van der Waals surface area contributed by atoms with Gasteiger partial charge in [0.1, 0.15) is 6.04 Å². The van der Waals surface area contributed by atoms with Crippen LogP contribution in [0.3, 0.4) is 0 Å². The minimum absolute atomic E-state index is 0.158. The number of carbonyl (C=O) groups excluding carboxylic acids is 2. The minimum Gasteiger partial charge on any atom is -0.396 e. The normalized spacial score (nSPS) is 24.0. The van der Waals surface area contributed by atoms with E-state index in [1.807, 2.05) is 0 Å². The molecule has 6 nitrogen and oxygen atoms in total. The van der Waals surface area contributed by atoms with Gasteiger partial charge in [-0.2, -0.15) is 0 Å². The van der Waals surface area contributed by atoms with E-state index in [4.69, 9.17) is 0 Å². The monoisotopic (exact) mass is 371 g/mol. The number of rotatable bonds is 4. The fourth-order valence-electron chi connectivity index (χ4n) is 4.88. The molecule has 3 aliphatic heterocycles. The lowest BCUT2D eigenvalue weighted by atomic mass is 9.91. The number of imide groups is 1. The van der Waals surface area contributed by atoms with Gasteiger partial charge in [-0.25, -0.2) is 0 Å². The molecule has 0 spiro atoms. The van der Waals surface area contributed by atoms with E-state index >= 15 is 0 Å². The van der Waals surface area contributed by atoms with Crippen molar-refractivity contribution in [2.24, 2.45) is 5.92 Å². The first-order valence-electron chi connectivity index (χ1n) is 10.3. The van der Waals surface area contributed by atoms with Crippen LogP contribution in [-0.4, -0.2) is 49.2 Å². The second kappa shape index (κ2) is 7.89. The van der Waals surface area contributed by atoms with Crippen molar-refractivity contribution in [2.75, 3.05) is 36.0 Å². The third-order valence-corrected chi connectivity index (χ3v) is 6.34. The SMILES string of the molecule is O=C1CC[C@H](N2CCCc3c(N4CCC(CCO)CC4)cccc32)C(=O)N1. The van der Waals surface area contributed by atoms with E-state index < -0.39 is 0 Å². The second-order valence-electron chi connectivity index (χ2n) is 7.98. The molecule has 2 saturated heterocycles. The lowest BCUT2D eigenvalue weighted by Crippen LogP contribution is -2.54. The Kier molecular flexibility index (Phi) is 5.34. The first kappa shape index (κ1) is 18.3. The summed E-state index contributed by atoms with van der Waals surface area (Å²) in [4.78, 5) is 28.6. The van der Waals surface area contributed by atoms with Crippen LogP contribution in [-0.2, 0) is 16.0 Å². The summed E-state index contributed by atoms with van der Waals surface area (Å²) in [6, 6.07) is 6.18. The summed E-state index contributed by atoms with van der Waals surface area (Å²) in [7, 11) is 0. The van der Waals surface area contributed by atoms with E-state index in [-0.39, 0.29) is 24.5 Å². The summed E-state index contributed by atoms with van der Waals surface area (Å²) in [5.74, 6) is 0.313. The minimum atomic E-state index is -0.243. The molecular formula is C21H29N3O3. The largest absolute Gasteiger partial charge is 0.396 e. The fourth-order valence-corrected chi connectivity index (χ4v) is 4.88. The van der Waals surface area contributed by atoms with Gasteiger partial charge >= 0.3 is 0 Å². The molecule has 0 aromatic heterocycles. The van der Waals surface area contributed by atoms with Gasteiger partial charge in [0.15, 0.2) is 0 Å². The average Bonchev–Trinajstić information content (AvgIpc) is 2.68. The van der Waals surface area contributed by atoms with Crippen molar-refractivity contribution in [2.45, 2.75) is 51.0 Å². The smallest absolute Gasteiger partial charge is 0.249 e. The lowest BCUT2D eigenvalue weighted by molar-refractivity contribution is -0.134. The number of aliphatic hydroxyl groups is 1. The molecule has 1 atom stereocenters. The van der Waals surface area contributed by atoms with Gasteiger partial charge in [0.05, 0.1) is 0 Å². The van der Waals surface area contributed by atoms with Crippen molar-refractivity contribution in [1.82, 2.24) is 5.32 Å². The van der Waals surface area contributed by atoms with E-state index in [9.17, 15) is 14.7 Å². The van der Waals surface area contributed by atoms with Crippen LogP contribution in [0.5, 0.6) is 0 Å². The van der Waals surface area contributed by atoms with E-state index in [2.05, 4.69) is 33.3 Å². The van der Waals surface area contributed by atoms with Gasteiger partial charge < -0.3 is 14.9 Å². The van der Waals surface area contributed by atoms with Crippen LogP contribution in [0.15, 0.2) is 18.2 Å². The van der Waals surface area contributed by atoms with E-state index in [0.29, 0.717) is 18.8 Å². The number of amides is 2. The van der Waals surface area contributed by atoms with Gasteiger partial charge in [0.25, 0.3) is 0 Å². The fraction of sp³-hybridized carbons (Fsp3) is 0.619. The van der Waals surface area contributed by atoms with Crippen molar-refractivity contribution >= 4 is 23.2 Å². The summed E-state index contributed by atoms with van der Waals surface area (Å²) in [5.41, 5.74) is 3.80. The van der Waals surface area contributed by atoms with Crippen molar-refractivity contribution in [1.29, 1.82) is 0 Å². The van der Waals surface area contributed by atoms with Crippen molar-refractivity contribution in [3.05, 3.63) is 23.8 Å². The van der Waals surface area contributed by atoms with E-state index in [1.165, 1.54) is 11.3 Å². The Morgan fingerprint density at radius 2 is 1.81 bits per heavy atom. The molecular weight excluding hydrogens is 342 g/mol. The van der Waals surface area contributed by atoms with Gasteiger partial charge in [0, 0.05) is 44.0 Å². The number of aliphatic hydroxyl groups excluding tert-OH is 1. The first-order valence-corrected chi connectivity index (χ1v) is 10.3. The molecule has 0 aliphatic carbocycles. The number of benzene rings is 1. The predicted molar refractivity (Wildman–Crippen MR) is 105 cm³/mol. The third kappa shape index (κ3) is 3.68. The third-order valence-electron chi connectivity index (χ3n) is 6.34. The number of anilines is 2. The van der Waals surface area contributed by atoms with Crippen molar-refractivity contribution in [3.63, 3.8) is 0 Å². The molecule has 3 aliphatic rings. The highest BCUT2D eigenvalue weighted by Crippen LogP contribution is 2.38. The molecule has 2 N–H and O–H groups in total. The van der Waals surface area contributed by atoms with Crippen LogP contribution in [0.2, 0.25) is 0 Å². The topological polar surface area (TPSA) is 72.9 Å². The molecule has 4 rings (SSSR count). The summed E-state index contributed by atoms with van der Waals surface area (Å²) < 4.78 is 0. The maximum absolute atomic E-state index is 12.4. The molecule has 27 heavy (non-hydrogen) atoms. The Morgan fingerprint density at radius 3 is 2.56 bits per heavy atom. The lowest BCUT2D eigenvalue weighted by Gasteiger charge is -2.41.